The second-order valence-electron chi connectivity index (χ2n) is 4.64. The molecule has 0 fully saturated rings. The number of aliphatic carboxylic acids is 1. The summed E-state index contributed by atoms with van der Waals surface area (Å²) in [6, 6.07) is 1.84. The zero-order valence-corrected chi connectivity index (χ0v) is 12.5. The number of carboxylic acids is 1. The van der Waals surface area contributed by atoms with Crippen LogP contribution in [0.5, 0.6) is 0 Å². The number of nitrogens with one attached hydrogen (secondary N) is 1. The normalized spacial score (nSPS) is 14.1. The highest BCUT2D eigenvalue weighted by Crippen LogP contribution is 2.19. The van der Waals surface area contributed by atoms with Gasteiger partial charge in [-0.25, -0.2) is 9.97 Å². The first-order valence-electron chi connectivity index (χ1n) is 6.39. The minimum absolute atomic E-state index is 0.532. The van der Waals surface area contributed by atoms with E-state index in [0.717, 1.165) is 12.1 Å². The third-order valence-electron chi connectivity index (χ3n) is 2.84. The van der Waals surface area contributed by atoms with Crippen LogP contribution in [0, 0.1) is 6.92 Å². The lowest BCUT2D eigenvalue weighted by Gasteiger charge is -2.25. The third-order valence-corrected chi connectivity index (χ3v) is 3.71. The van der Waals surface area contributed by atoms with E-state index in [9.17, 15) is 9.90 Å². The van der Waals surface area contributed by atoms with Crippen LogP contribution in [0.4, 0.5) is 0 Å². The number of nitrogens with zero attached hydrogens (tertiary/aromatic N) is 2. The first kappa shape index (κ1) is 15.9. The lowest BCUT2D eigenvalue weighted by Crippen LogP contribution is -2.50. The molecule has 0 aliphatic carbocycles. The lowest BCUT2D eigenvalue weighted by molar-refractivity contribution is -0.144. The Hall–Kier alpha value is -1.14. The standard InChI is InChI=1S/C13H21N3O2S/c1-4-7-15-13(3,11(17)18)6-9-19-12-14-8-5-10(2)16-12/h5,8,15H,4,6-7,9H2,1-3H3,(H,17,18). The van der Waals surface area contributed by atoms with E-state index in [1.165, 1.54) is 11.8 Å². The van der Waals surface area contributed by atoms with E-state index in [4.69, 9.17) is 0 Å². The summed E-state index contributed by atoms with van der Waals surface area (Å²) in [5, 5.41) is 13.1. The van der Waals surface area contributed by atoms with Crippen LogP contribution in [-0.2, 0) is 4.79 Å². The summed E-state index contributed by atoms with van der Waals surface area (Å²) in [5.41, 5.74) is 0.0370. The van der Waals surface area contributed by atoms with E-state index in [0.29, 0.717) is 23.9 Å². The zero-order valence-electron chi connectivity index (χ0n) is 11.6. The van der Waals surface area contributed by atoms with Gasteiger partial charge in [0.1, 0.15) is 5.54 Å². The van der Waals surface area contributed by atoms with Gasteiger partial charge in [-0.15, -0.1) is 0 Å². The fourth-order valence-electron chi connectivity index (χ4n) is 1.51. The molecular weight excluding hydrogens is 262 g/mol. The van der Waals surface area contributed by atoms with Crippen molar-refractivity contribution in [2.75, 3.05) is 12.3 Å². The number of rotatable bonds is 8. The first-order valence-corrected chi connectivity index (χ1v) is 7.37. The molecule has 1 rings (SSSR count). The molecule has 0 aromatic carbocycles. The van der Waals surface area contributed by atoms with Gasteiger partial charge in [0.05, 0.1) is 0 Å². The molecule has 2 N–H and O–H groups in total. The van der Waals surface area contributed by atoms with Gasteiger partial charge >= 0.3 is 5.97 Å². The molecule has 1 aromatic heterocycles. The van der Waals surface area contributed by atoms with E-state index >= 15 is 0 Å². The van der Waals surface area contributed by atoms with Crippen molar-refractivity contribution in [2.24, 2.45) is 0 Å². The van der Waals surface area contributed by atoms with Gasteiger partial charge in [-0.3, -0.25) is 4.79 Å². The Morgan fingerprint density at radius 2 is 2.32 bits per heavy atom. The van der Waals surface area contributed by atoms with E-state index in [-0.39, 0.29) is 0 Å². The van der Waals surface area contributed by atoms with Gasteiger partial charge in [0, 0.05) is 17.6 Å². The molecule has 0 amide bonds. The molecule has 1 unspecified atom stereocenters. The van der Waals surface area contributed by atoms with Crippen molar-refractivity contribution in [1.29, 1.82) is 0 Å². The van der Waals surface area contributed by atoms with Crippen LogP contribution in [0.2, 0.25) is 0 Å². The highest BCUT2D eigenvalue weighted by atomic mass is 32.2. The molecule has 0 bridgehead atoms. The quantitative estimate of drug-likeness (QED) is 0.562. The molecule has 1 aromatic rings. The van der Waals surface area contributed by atoms with E-state index in [1.54, 1.807) is 13.1 Å². The summed E-state index contributed by atoms with van der Waals surface area (Å²) < 4.78 is 0. The summed E-state index contributed by atoms with van der Waals surface area (Å²) >= 11 is 1.49. The average molecular weight is 283 g/mol. The second kappa shape index (κ2) is 7.45. The van der Waals surface area contributed by atoms with E-state index in [2.05, 4.69) is 15.3 Å². The van der Waals surface area contributed by atoms with E-state index in [1.807, 2.05) is 19.9 Å². The Morgan fingerprint density at radius 1 is 1.58 bits per heavy atom. The summed E-state index contributed by atoms with van der Waals surface area (Å²) in [7, 11) is 0. The Morgan fingerprint density at radius 3 is 2.89 bits per heavy atom. The van der Waals surface area contributed by atoms with Crippen LogP contribution in [0.1, 0.15) is 32.4 Å². The number of hydrogen-bond acceptors (Lipinski definition) is 5. The topological polar surface area (TPSA) is 75.1 Å². The monoisotopic (exact) mass is 283 g/mol. The highest BCUT2D eigenvalue weighted by Gasteiger charge is 2.31. The number of aromatic nitrogens is 2. The fraction of sp³-hybridized carbons (Fsp3) is 0.615. The smallest absolute Gasteiger partial charge is 0.323 e. The van der Waals surface area contributed by atoms with Crippen LogP contribution in [-0.4, -0.2) is 38.9 Å². The lowest BCUT2D eigenvalue weighted by atomic mass is 9.99. The Bertz CT molecular complexity index is 428. The molecule has 1 heterocycles. The summed E-state index contributed by atoms with van der Waals surface area (Å²) in [6.45, 7) is 6.36. The minimum atomic E-state index is -0.882. The summed E-state index contributed by atoms with van der Waals surface area (Å²) in [5.74, 6) is -0.144. The van der Waals surface area contributed by atoms with Gasteiger partial charge in [-0.2, -0.15) is 0 Å². The molecule has 1 atom stereocenters. The Labute approximate surface area is 118 Å². The van der Waals surface area contributed by atoms with Gasteiger partial charge in [-0.05, 0) is 39.3 Å². The molecule has 0 saturated carbocycles. The Balaban J connectivity index is 2.50. The predicted octanol–water partition coefficient (Wildman–Crippen LogP) is 2.11. The van der Waals surface area contributed by atoms with Crippen molar-refractivity contribution in [2.45, 2.75) is 44.3 Å². The summed E-state index contributed by atoms with van der Waals surface area (Å²) in [6.07, 6.45) is 3.16. The van der Waals surface area contributed by atoms with Crippen molar-refractivity contribution in [3.8, 4) is 0 Å². The van der Waals surface area contributed by atoms with Crippen LogP contribution in [0.15, 0.2) is 17.4 Å². The minimum Gasteiger partial charge on any atom is -0.480 e. The van der Waals surface area contributed by atoms with Crippen molar-refractivity contribution < 1.29 is 9.90 Å². The largest absolute Gasteiger partial charge is 0.480 e. The second-order valence-corrected chi connectivity index (χ2v) is 5.71. The molecule has 6 heteroatoms. The number of carbonyl (C=O) groups is 1. The van der Waals surface area contributed by atoms with Crippen LogP contribution >= 0.6 is 11.8 Å². The predicted molar refractivity (Wildman–Crippen MR) is 76.4 cm³/mol. The maximum atomic E-state index is 11.3. The van der Waals surface area contributed by atoms with Crippen LogP contribution in [0.25, 0.3) is 0 Å². The van der Waals surface area contributed by atoms with Crippen molar-refractivity contribution >= 4 is 17.7 Å². The van der Waals surface area contributed by atoms with Gasteiger partial charge < -0.3 is 10.4 Å². The third kappa shape index (κ3) is 5.16. The van der Waals surface area contributed by atoms with Gasteiger partial charge in [0.15, 0.2) is 5.16 Å². The van der Waals surface area contributed by atoms with Crippen molar-refractivity contribution in [3.63, 3.8) is 0 Å². The Kier molecular flexibility index (Phi) is 6.24. The number of thioether (sulfide) groups is 1. The first-order chi connectivity index (χ1) is 8.98. The molecule has 0 saturated heterocycles. The molecular formula is C13H21N3O2S. The molecule has 19 heavy (non-hydrogen) atoms. The van der Waals surface area contributed by atoms with Crippen molar-refractivity contribution in [1.82, 2.24) is 15.3 Å². The molecule has 5 nitrogen and oxygen atoms in total. The highest BCUT2D eigenvalue weighted by molar-refractivity contribution is 7.99. The van der Waals surface area contributed by atoms with Crippen LogP contribution in [0.3, 0.4) is 0 Å². The molecule has 0 aliphatic rings. The van der Waals surface area contributed by atoms with E-state index < -0.39 is 11.5 Å². The zero-order chi connectivity index (χ0) is 14.3. The molecule has 0 radical (unpaired) electrons. The molecule has 0 spiro atoms. The molecule has 106 valence electrons. The number of carboxylic acid groups (broad SMARTS) is 1. The van der Waals surface area contributed by atoms with Crippen LogP contribution < -0.4 is 5.32 Å². The maximum Gasteiger partial charge on any atom is 0.323 e. The maximum absolute atomic E-state index is 11.3. The van der Waals surface area contributed by atoms with Gasteiger partial charge in [0.2, 0.25) is 0 Å². The number of aryl methyl sites for hydroxylation is 1. The molecule has 0 aliphatic heterocycles. The summed E-state index contributed by atoms with van der Waals surface area (Å²) in [4.78, 5) is 19.8. The fourth-order valence-corrected chi connectivity index (χ4v) is 2.55. The van der Waals surface area contributed by atoms with Gasteiger partial charge in [-0.1, -0.05) is 18.7 Å². The van der Waals surface area contributed by atoms with Crippen molar-refractivity contribution in [3.05, 3.63) is 18.0 Å². The van der Waals surface area contributed by atoms with Gasteiger partial charge in [0.25, 0.3) is 0 Å². The average Bonchev–Trinajstić information content (AvgIpc) is 2.36. The SMILES string of the molecule is CCCNC(C)(CCSc1nccc(C)n1)C(=O)O. The number of hydrogen-bond donors (Lipinski definition) is 2.